The van der Waals surface area contributed by atoms with Crippen molar-refractivity contribution in [2.24, 2.45) is 0 Å². The van der Waals surface area contributed by atoms with Crippen LogP contribution >= 0.6 is 0 Å². The van der Waals surface area contributed by atoms with Gasteiger partial charge in [0.25, 0.3) is 5.91 Å². The minimum absolute atomic E-state index is 0.0404. The number of nitrogens with one attached hydrogen (secondary N) is 1. The lowest BCUT2D eigenvalue weighted by molar-refractivity contribution is 0.102. The summed E-state index contributed by atoms with van der Waals surface area (Å²) in [4.78, 5) is 12.7. The summed E-state index contributed by atoms with van der Waals surface area (Å²) in [5.41, 5.74) is 1.97. The molecular weight excluding hydrogens is 390 g/mol. The molecule has 1 aromatic heterocycles. The summed E-state index contributed by atoms with van der Waals surface area (Å²) in [7, 11) is -6.47. The van der Waals surface area contributed by atoms with E-state index in [4.69, 9.17) is 0 Å². The number of anilines is 1. The van der Waals surface area contributed by atoms with Gasteiger partial charge in [0, 0.05) is 11.8 Å². The van der Waals surface area contributed by atoms with E-state index in [0.717, 1.165) is 6.26 Å². The Labute approximate surface area is 158 Å². The third-order valence-corrected chi connectivity index (χ3v) is 7.50. The molecule has 0 aliphatic carbocycles. The number of aromatic nitrogens is 2. The summed E-state index contributed by atoms with van der Waals surface area (Å²) in [5.74, 6) is -0.278. The number of sulfone groups is 2. The molecule has 1 atom stereocenters. The van der Waals surface area contributed by atoms with Gasteiger partial charge in [-0.15, -0.1) is 0 Å². The summed E-state index contributed by atoms with van der Waals surface area (Å²) in [6.07, 6.45) is 1.58. The predicted molar refractivity (Wildman–Crippen MR) is 102 cm³/mol. The Morgan fingerprint density at radius 3 is 2.59 bits per heavy atom. The molecule has 1 saturated heterocycles. The van der Waals surface area contributed by atoms with Crippen LogP contribution in [0.2, 0.25) is 0 Å². The molecule has 0 spiro atoms. The zero-order valence-electron chi connectivity index (χ0n) is 15.3. The number of hydrogen-bond donors (Lipinski definition) is 1. The Hall–Kier alpha value is -2.20. The van der Waals surface area contributed by atoms with E-state index in [1.807, 2.05) is 0 Å². The molecule has 1 N–H and O–H groups in total. The molecule has 1 amide bonds. The molecule has 0 radical (unpaired) electrons. The van der Waals surface area contributed by atoms with Crippen LogP contribution in [-0.4, -0.2) is 50.3 Å². The van der Waals surface area contributed by atoms with E-state index in [0.29, 0.717) is 23.5 Å². The van der Waals surface area contributed by atoms with Crippen molar-refractivity contribution in [1.82, 2.24) is 9.78 Å². The molecule has 0 saturated carbocycles. The maximum Gasteiger partial charge on any atom is 0.255 e. The molecule has 1 aliphatic heterocycles. The van der Waals surface area contributed by atoms with Crippen LogP contribution in [0.15, 0.2) is 29.2 Å². The fraction of sp³-hybridized carbons (Fsp3) is 0.412. The van der Waals surface area contributed by atoms with Gasteiger partial charge in [0.1, 0.15) is 0 Å². The second-order valence-electron chi connectivity index (χ2n) is 6.80. The number of carbonyl (C=O) groups is 1. The zero-order chi connectivity index (χ0) is 20.0. The van der Waals surface area contributed by atoms with Gasteiger partial charge >= 0.3 is 0 Å². The normalized spacial score (nSPS) is 19.1. The summed E-state index contributed by atoms with van der Waals surface area (Å²) in [5, 5.41) is 7.17. The van der Waals surface area contributed by atoms with E-state index < -0.39 is 25.6 Å². The van der Waals surface area contributed by atoms with Gasteiger partial charge in [0.15, 0.2) is 19.7 Å². The summed E-state index contributed by atoms with van der Waals surface area (Å²) in [6.45, 7) is 3.50. The molecule has 2 heterocycles. The topological polar surface area (TPSA) is 115 Å². The average Bonchev–Trinajstić information content (AvgIpc) is 3.07. The molecule has 0 bridgehead atoms. The van der Waals surface area contributed by atoms with Gasteiger partial charge in [-0.05, 0) is 38.5 Å². The second kappa shape index (κ2) is 6.75. The first kappa shape index (κ1) is 19.6. The molecule has 27 heavy (non-hydrogen) atoms. The molecule has 1 aromatic carbocycles. The van der Waals surface area contributed by atoms with Crippen molar-refractivity contribution < 1.29 is 21.6 Å². The van der Waals surface area contributed by atoms with Gasteiger partial charge in [-0.25, -0.2) is 16.8 Å². The smallest absolute Gasteiger partial charge is 0.255 e. The van der Waals surface area contributed by atoms with Crippen molar-refractivity contribution >= 4 is 31.3 Å². The third kappa shape index (κ3) is 4.06. The van der Waals surface area contributed by atoms with E-state index in [-0.39, 0.29) is 28.0 Å². The van der Waals surface area contributed by atoms with Crippen LogP contribution in [0.3, 0.4) is 0 Å². The Balaban J connectivity index is 1.87. The first-order valence-corrected chi connectivity index (χ1v) is 12.1. The van der Waals surface area contributed by atoms with Crippen molar-refractivity contribution in [3.8, 4) is 0 Å². The van der Waals surface area contributed by atoms with Crippen LogP contribution in [0.1, 0.15) is 34.2 Å². The Morgan fingerprint density at radius 1 is 1.30 bits per heavy atom. The molecule has 8 nitrogen and oxygen atoms in total. The molecule has 1 fully saturated rings. The highest BCUT2D eigenvalue weighted by Gasteiger charge is 2.31. The molecule has 1 unspecified atom stereocenters. The fourth-order valence-electron chi connectivity index (χ4n) is 3.22. The van der Waals surface area contributed by atoms with Crippen molar-refractivity contribution in [2.75, 3.05) is 23.1 Å². The lowest BCUT2D eigenvalue weighted by atomic mass is 10.2. The number of amides is 1. The maximum absolute atomic E-state index is 12.6. The fourth-order valence-corrected chi connectivity index (χ4v) is 5.58. The van der Waals surface area contributed by atoms with Crippen LogP contribution in [0, 0.1) is 13.8 Å². The van der Waals surface area contributed by atoms with Gasteiger partial charge < -0.3 is 5.32 Å². The number of benzene rings is 1. The van der Waals surface area contributed by atoms with Crippen molar-refractivity contribution in [1.29, 1.82) is 0 Å². The molecule has 2 aromatic rings. The SMILES string of the molecule is Cc1nn(C2CCS(=O)(=O)C2)c(C)c1NC(=O)c1cccc(S(C)(=O)=O)c1. The highest BCUT2D eigenvalue weighted by molar-refractivity contribution is 7.91. The molecule has 146 valence electrons. The van der Waals surface area contributed by atoms with Gasteiger partial charge in [0.05, 0.1) is 39.5 Å². The number of rotatable bonds is 4. The monoisotopic (exact) mass is 411 g/mol. The van der Waals surface area contributed by atoms with Crippen LogP contribution in [0.4, 0.5) is 5.69 Å². The molecule has 3 rings (SSSR count). The standard InChI is InChI=1S/C17H21N3O5S2/c1-11-16(12(2)20(19-11)14-7-8-27(24,25)10-14)18-17(21)13-5-4-6-15(9-13)26(3,22)23/h4-6,9,14H,7-8,10H2,1-3H3,(H,18,21). The minimum atomic E-state index is -3.42. The summed E-state index contributed by atoms with van der Waals surface area (Å²) >= 11 is 0. The van der Waals surface area contributed by atoms with E-state index >= 15 is 0 Å². The van der Waals surface area contributed by atoms with E-state index in [1.165, 1.54) is 24.3 Å². The quantitative estimate of drug-likeness (QED) is 0.815. The minimum Gasteiger partial charge on any atom is -0.319 e. The third-order valence-electron chi connectivity index (χ3n) is 4.64. The van der Waals surface area contributed by atoms with E-state index in [9.17, 15) is 21.6 Å². The summed E-state index contributed by atoms with van der Waals surface area (Å²) < 4.78 is 48.5. The molecule has 10 heteroatoms. The lowest BCUT2D eigenvalue weighted by Gasteiger charge is -2.12. The molecular formula is C17H21N3O5S2. The van der Waals surface area contributed by atoms with Crippen molar-refractivity contribution in [3.05, 3.63) is 41.2 Å². The van der Waals surface area contributed by atoms with Crippen LogP contribution < -0.4 is 5.32 Å². The van der Waals surface area contributed by atoms with Crippen molar-refractivity contribution in [3.63, 3.8) is 0 Å². The Kier molecular flexibility index (Phi) is 4.89. The average molecular weight is 412 g/mol. The number of hydrogen-bond acceptors (Lipinski definition) is 6. The van der Waals surface area contributed by atoms with Crippen molar-refractivity contribution in [2.45, 2.75) is 31.2 Å². The number of nitrogens with zero attached hydrogens (tertiary/aromatic N) is 2. The zero-order valence-corrected chi connectivity index (χ0v) is 16.9. The van der Waals surface area contributed by atoms with E-state index in [2.05, 4.69) is 10.4 Å². The highest BCUT2D eigenvalue weighted by atomic mass is 32.2. The highest BCUT2D eigenvalue weighted by Crippen LogP contribution is 2.29. The van der Waals surface area contributed by atoms with Gasteiger partial charge in [-0.2, -0.15) is 5.10 Å². The first-order chi connectivity index (χ1) is 12.5. The molecule has 1 aliphatic rings. The maximum atomic E-state index is 12.6. The van der Waals surface area contributed by atoms with E-state index in [1.54, 1.807) is 18.5 Å². The van der Waals surface area contributed by atoms with Crippen LogP contribution in [0.25, 0.3) is 0 Å². The number of carbonyl (C=O) groups excluding carboxylic acids is 1. The summed E-state index contributed by atoms with van der Waals surface area (Å²) in [6, 6.07) is 5.55. The second-order valence-corrected chi connectivity index (χ2v) is 11.0. The Bertz CT molecular complexity index is 1120. The van der Waals surface area contributed by atoms with Gasteiger partial charge in [-0.1, -0.05) is 6.07 Å². The largest absolute Gasteiger partial charge is 0.319 e. The first-order valence-electron chi connectivity index (χ1n) is 8.35. The van der Waals surface area contributed by atoms with Crippen LogP contribution in [-0.2, 0) is 19.7 Å². The van der Waals surface area contributed by atoms with Gasteiger partial charge in [0.2, 0.25) is 0 Å². The van der Waals surface area contributed by atoms with Gasteiger partial charge in [-0.3, -0.25) is 9.48 Å². The predicted octanol–water partition coefficient (Wildman–Crippen LogP) is 1.52. The van der Waals surface area contributed by atoms with Crippen LogP contribution in [0.5, 0.6) is 0 Å². The Morgan fingerprint density at radius 2 is 2.00 bits per heavy atom. The lowest BCUT2D eigenvalue weighted by Crippen LogP contribution is -2.16. The number of aryl methyl sites for hydroxylation is 1.